The molecule has 0 aromatic heterocycles. The molecule has 116 valence electrons. The first-order valence-corrected chi connectivity index (χ1v) is 7.66. The Morgan fingerprint density at radius 3 is 2.10 bits per heavy atom. The Morgan fingerprint density at radius 2 is 1.62 bits per heavy atom. The standard InChI is InChI=1S/C17H27N3O/c1-13-9-14(2)11-15(10-13)16(21)19-5-7-20(8-6-19)17(3,4)12-18/h9-11H,5-8,12,18H2,1-4H3. The molecule has 1 amide bonds. The molecule has 0 spiro atoms. The van der Waals surface area contributed by atoms with E-state index >= 15 is 0 Å². The van der Waals surface area contributed by atoms with Crippen LogP contribution in [-0.4, -0.2) is 54.0 Å². The minimum absolute atomic E-state index is 0.00899. The Hall–Kier alpha value is -1.39. The largest absolute Gasteiger partial charge is 0.336 e. The van der Waals surface area contributed by atoms with Crippen LogP contribution in [0.15, 0.2) is 18.2 Å². The molecule has 4 nitrogen and oxygen atoms in total. The van der Waals surface area contributed by atoms with E-state index in [1.807, 2.05) is 30.9 Å². The lowest BCUT2D eigenvalue weighted by molar-refractivity contribution is 0.0426. The van der Waals surface area contributed by atoms with E-state index in [0.717, 1.165) is 42.9 Å². The molecule has 0 bridgehead atoms. The average Bonchev–Trinajstić information content (AvgIpc) is 2.45. The summed E-state index contributed by atoms with van der Waals surface area (Å²) in [5.41, 5.74) is 8.93. The second-order valence-corrected chi connectivity index (χ2v) is 6.67. The van der Waals surface area contributed by atoms with Crippen molar-refractivity contribution in [1.29, 1.82) is 0 Å². The summed E-state index contributed by atoms with van der Waals surface area (Å²) in [5.74, 6) is 0.145. The molecule has 1 heterocycles. The Balaban J connectivity index is 2.03. The predicted molar refractivity (Wildman–Crippen MR) is 86.5 cm³/mol. The van der Waals surface area contributed by atoms with Crippen molar-refractivity contribution in [2.45, 2.75) is 33.2 Å². The second-order valence-electron chi connectivity index (χ2n) is 6.67. The van der Waals surface area contributed by atoms with Crippen LogP contribution in [0.4, 0.5) is 0 Å². The highest BCUT2D eigenvalue weighted by Gasteiger charge is 2.30. The van der Waals surface area contributed by atoms with Gasteiger partial charge in [0.25, 0.3) is 5.91 Å². The van der Waals surface area contributed by atoms with E-state index < -0.39 is 0 Å². The van der Waals surface area contributed by atoms with Crippen molar-refractivity contribution < 1.29 is 4.79 Å². The molecule has 2 N–H and O–H groups in total. The Bertz CT molecular complexity index is 497. The van der Waals surface area contributed by atoms with Crippen LogP contribution in [0.2, 0.25) is 0 Å². The summed E-state index contributed by atoms with van der Waals surface area (Å²) in [6.07, 6.45) is 0. The molecule has 0 unspecified atom stereocenters. The molecule has 2 rings (SSSR count). The molecule has 4 heteroatoms. The van der Waals surface area contributed by atoms with Gasteiger partial charge in [0.05, 0.1) is 0 Å². The third-order valence-corrected chi connectivity index (χ3v) is 4.39. The maximum Gasteiger partial charge on any atom is 0.253 e. The summed E-state index contributed by atoms with van der Waals surface area (Å²) in [5, 5.41) is 0. The van der Waals surface area contributed by atoms with Crippen LogP contribution in [0.25, 0.3) is 0 Å². The van der Waals surface area contributed by atoms with Crippen LogP contribution in [0.5, 0.6) is 0 Å². The topological polar surface area (TPSA) is 49.6 Å². The van der Waals surface area contributed by atoms with Crippen LogP contribution in [-0.2, 0) is 0 Å². The van der Waals surface area contributed by atoms with Crippen LogP contribution < -0.4 is 5.73 Å². The van der Waals surface area contributed by atoms with Crippen molar-refractivity contribution in [1.82, 2.24) is 9.80 Å². The molecule has 0 radical (unpaired) electrons. The number of carbonyl (C=O) groups excluding carboxylic acids is 1. The van der Waals surface area contributed by atoms with Gasteiger partial charge in [0.15, 0.2) is 0 Å². The monoisotopic (exact) mass is 289 g/mol. The number of carbonyl (C=O) groups is 1. The molecule has 21 heavy (non-hydrogen) atoms. The van der Waals surface area contributed by atoms with Crippen molar-refractivity contribution in [2.75, 3.05) is 32.7 Å². The quantitative estimate of drug-likeness (QED) is 0.923. The summed E-state index contributed by atoms with van der Waals surface area (Å²) in [4.78, 5) is 16.9. The lowest BCUT2D eigenvalue weighted by Gasteiger charge is -2.43. The summed E-state index contributed by atoms with van der Waals surface area (Å²) in [7, 11) is 0. The molecule has 1 saturated heterocycles. The predicted octanol–water partition coefficient (Wildman–Crippen LogP) is 1.80. The van der Waals surface area contributed by atoms with E-state index in [9.17, 15) is 4.79 Å². The van der Waals surface area contributed by atoms with Gasteiger partial charge in [-0.25, -0.2) is 0 Å². The number of hydrogen-bond acceptors (Lipinski definition) is 3. The third kappa shape index (κ3) is 3.63. The number of benzene rings is 1. The molecule has 1 aromatic rings. The van der Waals surface area contributed by atoms with Gasteiger partial charge in [-0.1, -0.05) is 17.2 Å². The second kappa shape index (κ2) is 6.16. The Kier molecular flexibility index (Phi) is 4.69. The smallest absolute Gasteiger partial charge is 0.253 e. The summed E-state index contributed by atoms with van der Waals surface area (Å²) in [6.45, 7) is 12.4. The zero-order valence-electron chi connectivity index (χ0n) is 13.6. The summed E-state index contributed by atoms with van der Waals surface area (Å²) < 4.78 is 0. The fourth-order valence-electron chi connectivity index (χ4n) is 2.92. The minimum atomic E-state index is 0.00899. The highest BCUT2D eigenvalue weighted by molar-refractivity contribution is 5.94. The first-order valence-electron chi connectivity index (χ1n) is 7.66. The van der Waals surface area contributed by atoms with Gasteiger partial charge in [-0.15, -0.1) is 0 Å². The number of nitrogens with two attached hydrogens (primary N) is 1. The third-order valence-electron chi connectivity index (χ3n) is 4.39. The number of amides is 1. The van der Waals surface area contributed by atoms with Crippen LogP contribution in [0.3, 0.4) is 0 Å². The maximum atomic E-state index is 12.6. The molecule has 0 atom stereocenters. The molecule has 1 aliphatic rings. The number of nitrogens with zero attached hydrogens (tertiary/aromatic N) is 2. The van der Waals surface area contributed by atoms with Crippen molar-refractivity contribution >= 4 is 5.91 Å². The van der Waals surface area contributed by atoms with Crippen molar-refractivity contribution in [3.8, 4) is 0 Å². The van der Waals surface area contributed by atoms with Crippen molar-refractivity contribution in [2.24, 2.45) is 5.73 Å². The fourth-order valence-corrected chi connectivity index (χ4v) is 2.92. The van der Waals surface area contributed by atoms with E-state index in [-0.39, 0.29) is 11.4 Å². The number of hydrogen-bond donors (Lipinski definition) is 1. The Labute approximate surface area is 127 Å². The van der Waals surface area contributed by atoms with E-state index in [0.29, 0.717) is 6.54 Å². The maximum absolute atomic E-state index is 12.6. The number of piperazine rings is 1. The van der Waals surface area contributed by atoms with Gasteiger partial charge in [-0.05, 0) is 39.8 Å². The summed E-state index contributed by atoms with van der Waals surface area (Å²) >= 11 is 0. The van der Waals surface area contributed by atoms with Gasteiger partial charge in [-0.3, -0.25) is 9.69 Å². The first-order chi connectivity index (χ1) is 9.83. The Morgan fingerprint density at radius 1 is 1.10 bits per heavy atom. The highest BCUT2D eigenvalue weighted by Crippen LogP contribution is 2.18. The highest BCUT2D eigenvalue weighted by atomic mass is 16.2. The van der Waals surface area contributed by atoms with Crippen molar-refractivity contribution in [3.05, 3.63) is 34.9 Å². The van der Waals surface area contributed by atoms with E-state index in [2.05, 4.69) is 24.8 Å². The fraction of sp³-hybridized carbons (Fsp3) is 0.588. The van der Waals surface area contributed by atoms with Crippen LogP contribution >= 0.6 is 0 Å². The molecular weight excluding hydrogens is 262 g/mol. The van der Waals surface area contributed by atoms with Gasteiger partial charge in [0.2, 0.25) is 0 Å². The number of aryl methyl sites for hydroxylation is 2. The number of rotatable bonds is 3. The molecular formula is C17H27N3O. The van der Waals surface area contributed by atoms with Gasteiger partial charge in [0.1, 0.15) is 0 Å². The van der Waals surface area contributed by atoms with E-state index in [1.165, 1.54) is 0 Å². The van der Waals surface area contributed by atoms with Gasteiger partial charge < -0.3 is 10.6 Å². The molecule has 1 fully saturated rings. The van der Waals surface area contributed by atoms with Crippen LogP contribution in [0, 0.1) is 13.8 Å². The van der Waals surface area contributed by atoms with Gasteiger partial charge in [-0.2, -0.15) is 0 Å². The normalized spacial score (nSPS) is 17.1. The van der Waals surface area contributed by atoms with E-state index in [1.54, 1.807) is 0 Å². The zero-order valence-corrected chi connectivity index (χ0v) is 13.6. The van der Waals surface area contributed by atoms with Crippen molar-refractivity contribution in [3.63, 3.8) is 0 Å². The SMILES string of the molecule is Cc1cc(C)cc(C(=O)N2CCN(C(C)(C)CN)CC2)c1. The first kappa shape index (κ1) is 16.0. The molecule has 0 aliphatic carbocycles. The molecule has 1 aliphatic heterocycles. The zero-order chi connectivity index (χ0) is 15.6. The van der Waals surface area contributed by atoms with Gasteiger partial charge in [0, 0.05) is 43.8 Å². The average molecular weight is 289 g/mol. The lowest BCUT2D eigenvalue weighted by Crippen LogP contribution is -2.58. The summed E-state index contributed by atoms with van der Waals surface area (Å²) in [6, 6.07) is 6.05. The lowest BCUT2D eigenvalue weighted by atomic mass is 10.0. The molecule has 1 aromatic carbocycles. The molecule has 0 saturated carbocycles. The minimum Gasteiger partial charge on any atom is -0.336 e. The van der Waals surface area contributed by atoms with Gasteiger partial charge >= 0.3 is 0 Å². The van der Waals surface area contributed by atoms with E-state index in [4.69, 9.17) is 5.73 Å². The van der Waals surface area contributed by atoms with Crippen LogP contribution in [0.1, 0.15) is 35.3 Å².